The number of esters is 2. The van der Waals surface area contributed by atoms with Crippen molar-refractivity contribution in [3.63, 3.8) is 0 Å². The van der Waals surface area contributed by atoms with Gasteiger partial charge in [0.2, 0.25) is 0 Å². The van der Waals surface area contributed by atoms with Gasteiger partial charge in [-0.15, -0.1) is 0 Å². The highest BCUT2D eigenvalue weighted by atomic mass is 35.5. The van der Waals surface area contributed by atoms with Gasteiger partial charge in [0.1, 0.15) is 11.5 Å². The molecule has 2 aromatic rings. The molecule has 0 heterocycles. The molecular weight excluding hydrogens is 375 g/mol. The van der Waals surface area contributed by atoms with Gasteiger partial charge in [-0.1, -0.05) is 48.2 Å². The molecule has 0 amide bonds. The van der Waals surface area contributed by atoms with E-state index < -0.39 is 23.8 Å². The summed E-state index contributed by atoms with van der Waals surface area (Å²) in [5, 5.41) is 0.965. The number of carbonyl (C=O) groups excluding carboxylic acids is 2. The van der Waals surface area contributed by atoms with E-state index in [9.17, 15) is 9.59 Å². The Morgan fingerprint density at radius 1 is 0.769 bits per heavy atom. The molecule has 2 aromatic carbocycles. The van der Waals surface area contributed by atoms with E-state index in [1.807, 2.05) is 0 Å². The topological polar surface area (TPSA) is 52.6 Å². The van der Waals surface area contributed by atoms with Crippen LogP contribution in [-0.2, 0) is 9.59 Å². The van der Waals surface area contributed by atoms with Crippen LogP contribution in [-0.4, -0.2) is 11.9 Å². The molecule has 0 aromatic heterocycles. The number of carbonyl (C=O) groups is 2. The van der Waals surface area contributed by atoms with Crippen molar-refractivity contribution in [2.24, 2.45) is 11.8 Å². The molecule has 0 bridgehead atoms. The second-order valence-electron chi connectivity index (χ2n) is 6.25. The first-order valence-corrected chi connectivity index (χ1v) is 9.23. The summed E-state index contributed by atoms with van der Waals surface area (Å²) >= 11 is 11.8. The molecule has 0 aliphatic heterocycles. The van der Waals surface area contributed by atoms with Gasteiger partial charge >= 0.3 is 11.9 Å². The molecule has 0 saturated heterocycles. The maximum Gasteiger partial charge on any atom is 0.315 e. The van der Waals surface area contributed by atoms with Crippen molar-refractivity contribution >= 4 is 35.1 Å². The van der Waals surface area contributed by atoms with Crippen LogP contribution in [0.5, 0.6) is 11.5 Å². The minimum absolute atomic E-state index is 0.370. The van der Waals surface area contributed by atoms with Crippen molar-refractivity contribution in [1.29, 1.82) is 0 Å². The zero-order valence-corrected chi connectivity index (χ0v) is 15.5. The van der Waals surface area contributed by atoms with E-state index in [-0.39, 0.29) is 0 Å². The lowest BCUT2D eigenvalue weighted by molar-refractivity contribution is -0.152. The van der Waals surface area contributed by atoms with E-state index in [1.165, 1.54) is 0 Å². The van der Waals surface area contributed by atoms with E-state index in [0.717, 1.165) is 12.8 Å². The molecule has 1 aliphatic rings. The number of benzene rings is 2. The van der Waals surface area contributed by atoms with Gasteiger partial charge in [0.25, 0.3) is 0 Å². The summed E-state index contributed by atoms with van der Waals surface area (Å²) in [5.74, 6) is -1.19. The first-order valence-electron chi connectivity index (χ1n) is 8.47. The molecule has 1 aliphatic carbocycles. The average Bonchev–Trinajstić information content (AvgIpc) is 2.61. The minimum Gasteiger partial charge on any atom is -0.426 e. The first-order chi connectivity index (χ1) is 12.5. The number of hydrogen-bond acceptors (Lipinski definition) is 4. The van der Waals surface area contributed by atoms with Crippen molar-refractivity contribution in [2.45, 2.75) is 25.7 Å². The normalized spacial score (nSPS) is 19.6. The van der Waals surface area contributed by atoms with Crippen LogP contribution in [0.15, 0.2) is 48.5 Å². The van der Waals surface area contributed by atoms with Crippen molar-refractivity contribution in [3.8, 4) is 11.5 Å². The van der Waals surface area contributed by atoms with E-state index in [4.69, 9.17) is 32.7 Å². The van der Waals surface area contributed by atoms with Crippen LogP contribution in [0.2, 0.25) is 10.0 Å². The Hall–Kier alpha value is -2.04. The van der Waals surface area contributed by atoms with Crippen LogP contribution < -0.4 is 9.47 Å². The zero-order chi connectivity index (χ0) is 18.5. The fraction of sp³-hybridized carbons (Fsp3) is 0.300. The second-order valence-corrected chi connectivity index (χ2v) is 7.13. The standard InChI is InChI=1S/C20H18Cl2O4/c21-13-5-3-7-15(11-13)25-19(23)17-9-1-2-10-18(17)20(24)26-16-8-4-6-14(22)12-16/h3-8,11-12,17-18H,1-2,9-10H2. The predicted molar refractivity (Wildman–Crippen MR) is 99.6 cm³/mol. The van der Waals surface area contributed by atoms with Crippen LogP contribution in [0.4, 0.5) is 0 Å². The molecular formula is C20H18Cl2O4. The molecule has 2 atom stereocenters. The van der Waals surface area contributed by atoms with Gasteiger partial charge in [-0.25, -0.2) is 0 Å². The van der Waals surface area contributed by atoms with Crippen molar-refractivity contribution in [2.75, 3.05) is 0 Å². The van der Waals surface area contributed by atoms with Crippen LogP contribution in [0.1, 0.15) is 25.7 Å². The predicted octanol–water partition coefficient (Wildman–Crippen LogP) is 5.31. The van der Waals surface area contributed by atoms with E-state index in [1.54, 1.807) is 48.5 Å². The van der Waals surface area contributed by atoms with Crippen molar-refractivity contribution < 1.29 is 19.1 Å². The largest absolute Gasteiger partial charge is 0.426 e. The second kappa shape index (κ2) is 8.56. The van der Waals surface area contributed by atoms with E-state index in [0.29, 0.717) is 34.4 Å². The van der Waals surface area contributed by atoms with Gasteiger partial charge < -0.3 is 9.47 Å². The average molecular weight is 393 g/mol. The fourth-order valence-electron chi connectivity index (χ4n) is 3.14. The number of ether oxygens (including phenoxy) is 2. The lowest BCUT2D eigenvalue weighted by Gasteiger charge is -2.28. The molecule has 6 heteroatoms. The van der Waals surface area contributed by atoms with Crippen LogP contribution in [0, 0.1) is 11.8 Å². The summed E-state index contributed by atoms with van der Waals surface area (Å²) in [5.41, 5.74) is 0. The molecule has 26 heavy (non-hydrogen) atoms. The molecule has 2 unspecified atom stereocenters. The Morgan fingerprint density at radius 3 is 1.58 bits per heavy atom. The Bertz CT molecular complexity index is 738. The Labute approximate surface area is 162 Å². The van der Waals surface area contributed by atoms with Gasteiger partial charge in [-0.3, -0.25) is 9.59 Å². The SMILES string of the molecule is O=C(Oc1cccc(Cl)c1)C1CCCCC1C(=O)Oc1cccc(Cl)c1. The lowest BCUT2D eigenvalue weighted by atomic mass is 9.79. The van der Waals surface area contributed by atoms with Crippen molar-refractivity contribution in [1.82, 2.24) is 0 Å². The monoisotopic (exact) mass is 392 g/mol. The maximum absolute atomic E-state index is 12.6. The molecule has 0 spiro atoms. The Balaban J connectivity index is 1.70. The summed E-state index contributed by atoms with van der Waals surface area (Å²) in [7, 11) is 0. The van der Waals surface area contributed by atoms with Gasteiger partial charge in [0.15, 0.2) is 0 Å². The highest BCUT2D eigenvalue weighted by Gasteiger charge is 2.38. The molecule has 1 fully saturated rings. The third-order valence-corrected chi connectivity index (χ3v) is 4.87. The molecule has 0 N–H and O–H groups in total. The first kappa shape index (κ1) is 18.7. The number of hydrogen-bond donors (Lipinski definition) is 0. The smallest absolute Gasteiger partial charge is 0.315 e. The molecule has 1 saturated carbocycles. The molecule has 4 nitrogen and oxygen atoms in total. The minimum atomic E-state index is -0.533. The lowest BCUT2D eigenvalue weighted by Crippen LogP contribution is -2.37. The third kappa shape index (κ3) is 4.77. The number of halogens is 2. The van der Waals surface area contributed by atoms with Crippen molar-refractivity contribution in [3.05, 3.63) is 58.6 Å². The summed E-state index contributed by atoms with van der Waals surface area (Å²) in [6.07, 6.45) is 2.93. The van der Waals surface area contributed by atoms with Crippen LogP contribution in [0.3, 0.4) is 0 Å². The molecule has 0 radical (unpaired) electrons. The summed E-state index contributed by atoms with van der Waals surface area (Å²) in [4.78, 5) is 25.2. The van der Waals surface area contributed by atoms with Gasteiger partial charge in [-0.05, 0) is 49.2 Å². The summed E-state index contributed by atoms with van der Waals surface area (Å²) < 4.78 is 10.9. The summed E-state index contributed by atoms with van der Waals surface area (Å²) in [6.45, 7) is 0. The number of rotatable bonds is 4. The summed E-state index contributed by atoms with van der Waals surface area (Å²) in [6, 6.07) is 13.3. The highest BCUT2D eigenvalue weighted by Crippen LogP contribution is 2.33. The Kier molecular flexibility index (Phi) is 6.17. The fourth-order valence-corrected chi connectivity index (χ4v) is 3.50. The molecule has 136 valence electrons. The van der Waals surface area contributed by atoms with Gasteiger partial charge in [0.05, 0.1) is 11.8 Å². The Morgan fingerprint density at radius 2 is 1.19 bits per heavy atom. The van der Waals surface area contributed by atoms with E-state index >= 15 is 0 Å². The van der Waals surface area contributed by atoms with Crippen LogP contribution in [0.25, 0.3) is 0 Å². The van der Waals surface area contributed by atoms with E-state index in [2.05, 4.69) is 0 Å². The quantitative estimate of drug-likeness (QED) is 0.522. The van der Waals surface area contributed by atoms with Gasteiger partial charge in [0, 0.05) is 10.0 Å². The zero-order valence-electron chi connectivity index (χ0n) is 14.0. The van der Waals surface area contributed by atoms with Crippen LogP contribution >= 0.6 is 23.2 Å². The molecule has 3 rings (SSSR count). The third-order valence-electron chi connectivity index (χ3n) is 4.40. The van der Waals surface area contributed by atoms with Gasteiger partial charge in [-0.2, -0.15) is 0 Å². The highest BCUT2D eigenvalue weighted by molar-refractivity contribution is 6.31. The maximum atomic E-state index is 12.6.